The van der Waals surface area contributed by atoms with Crippen LogP contribution in [0.4, 0.5) is 5.13 Å². The second-order valence-corrected chi connectivity index (χ2v) is 12.6. The number of nitrogens with one attached hydrogen (secondary N) is 1. The zero-order valence-electron chi connectivity index (χ0n) is 21.3. The topological polar surface area (TPSA) is 115 Å². The summed E-state index contributed by atoms with van der Waals surface area (Å²) in [6, 6.07) is 13.7. The average molecular weight is 555 g/mol. The molecule has 1 amide bonds. The van der Waals surface area contributed by atoms with Gasteiger partial charge in [-0.05, 0) is 48.2 Å². The normalized spacial score (nSPS) is 15.2. The number of amides is 1. The molecule has 38 heavy (non-hydrogen) atoms. The highest BCUT2D eigenvalue weighted by Gasteiger charge is 2.29. The van der Waals surface area contributed by atoms with E-state index in [9.17, 15) is 13.2 Å². The largest absolute Gasteiger partial charge is 0.481 e. The van der Waals surface area contributed by atoms with Gasteiger partial charge in [0.05, 0.1) is 30.7 Å². The minimum atomic E-state index is -3.72. The lowest BCUT2D eigenvalue weighted by molar-refractivity contribution is -0.118. The van der Waals surface area contributed by atoms with Crippen LogP contribution in [0.25, 0.3) is 10.3 Å². The van der Waals surface area contributed by atoms with E-state index in [1.807, 2.05) is 6.07 Å². The predicted octanol–water partition coefficient (Wildman–Crippen LogP) is 5.42. The summed E-state index contributed by atoms with van der Waals surface area (Å²) < 4.78 is 37.9. The molecule has 1 fully saturated rings. The number of hydrogen-bond acceptors (Lipinski definition) is 8. The maximum atomic E-state index is 13.5. The van der Waals surface area contributed by atoms with Gasteiger partial charge in [-0.2, -0.15) is 4.31 Å². The number of methoxy groups -OCH3 is 1. The lowest BCUT2D eigenvalue weighted by Crippen LogP contribution is -2.26. The first-order valence-corrected chi connectivity index (χ1v) is 14.8. The van der Waals surface area contributed by atoms with E-state index in [0.717, 1.165) is 18.4 Å². The summed E-state index contributed by atoms with van der Waals surface area (Å²) in [5, 5.41) is 3.45. The Labute approximate surface area is 225 Å². The van der Waals surface area contributed by atoms with Crippen LogP contribution < -0.4 is 10.1 Å². The molecule has 0 spiro atoms. The minimum Gasteiger partial charge on any atom is -0.481 e. The smallest absolute Gasteiger partial charge is 0.243 e. The Balaban J connectivity index is 1.36. The summed E-state index contributed by atoms with van der Waals surface area (Å²) in [6.07, 6.45) is 6.75. The van der Waals surface area contributed by atoms with Gasteiger partial charge in [0.2, 0.25) is 21.8 Å². The van der Waals surface area contributed by atoms with E-state index in [0.29, 0.717) is 39.5 Å². The third-order valence-corrected chi connectivity index (χ3v) is 9.68. The first kappa shape index (κ1) is 26.3. The Morgan fingerprint density at radius 3 is 2.61 bits per heavy atom. The molecule has 4 aromatic rings. The molecule has 0 radical (unpaired) electrons. The molecule has 1 saturated carbocycles. The summed E-state index contributed by atoms with van der Waals surface area (Å²) in [7, 11) is -0.649. The Kier molecular flexibility index (Phi) is 7.78. The van der Waals surface area contributed by atoms with Crippen LogP contribution in [-0.2, 0) is 21.4 Å². The van der Waals surface area contributed by atoms with Crippen molar-refractivity contribution in [2.24, 2.45) is 5.92 Å². The van der Waals surface area contributed by atoms with Gasteiger partial charge in [0.25, 0.3) is 0 Å². The number of anilines is 1. The van der Waals surface area contributed by atoms with Crippen LogP contribution in [0.2, 0.25) is 0 Å². The van der Waals surface area contributed by atoms with Crippen molar-refractivity contribution in [1.29, 1.82) is 0 Å². The third kappa shape index (κ3) is 5.74. The van der Waals surface area contributed by atoms with Crippen LogP contribution in [0.5, 0.6) is 5.88 Å². The number of aromatic nitrogens is 2. The third-order valence-electron chi connectivity index (χ3n) is 6.98. The van der Waals surface area contributed by atoms with Crippen molar-refractivity contribution in [3.8, 4) is 5.88 Å². The lowest BCUT2D eigenvalue weighted by Gasteiger charge is -2.21. The van der Waals surface area contributed by atoms with Crippen molar-refractivity contribution in [3.63, 3.8) is 0 Å². The van der Waals surface area contributed by atoms with E-state index >= 15 is 0 Å². The molecular formula is C27H30N4O5S2. The van der Waals surface area contributed by atoms with Gasteiger partial charge in [-0.15, -0.1) is 0 Å². The molecule has 1 atom stereocenters. The number of rotatable bonds is 10. The number of nitrogens with zero attached hydrogens (tertiary/aromatic N) is 3. The lowest BCUT2D eigenvalue weighted by atomic mass is 9.87. The number of thiazole rings is 1. The summed E-state index contributed by atoms with van der Waals surface area (Å²) in [5.74, 6) is 0.918. The van der Waals surface area contributed by atoms with E-state index < -0.39 is 15.9 Å². The highest BCUT2D eigenvalue weighted by molar-refractivity contribution is 7.89. The quantitative estimate of drug-likeness (QED) is 0.278. The number of pyridine rings is 1. The number of sulfonamides is 1. The van der Waals surface area contributed by atoms with Gasteiger partial charge in [-0.25, -0.2) is 18.4 Å². The number of hydrogen-bond donors (Lipinski definition) is 1. The summed E-state index contributed by atoms with van der Waals surface area (Å²) in [4.78, 5) is 23.3. The first-order valence-electron chi connectivity index (χ1n) is 12.5. The molecule has 1 aliphatic rings. The molecule has 0 bridgehead atoms. The Morgan fingerprint density at radius 2 is 1.92 bits per heavy atom. The van der Waals surface area contributed by atoms with Gasteiger partial charge in [-0.1, -0.05) is 49.2 Å². The number of fused-ring (bicyclic) bond motifs is 1. The molecule has 1 N–H and O–H groups in total. The van der Waals surface area contributed by atoms with E-state index in [4.69, 9.17) is 9.15 Å². The van der Waals surface area contributed by atoms with Crippen LogP contribution in [0, 0.1) is 5.92 Å². The molecule has 200 valence electrons. The summed E-state index contributed by atoms with van der Waals surface area (Å²) >= 11 is 1.29. The van der Waals surface area contributed by atoms with Crippen molar-refractivity contribution in [1.82, 2.24) is 14.3 Å². The van der Waals surface area contributed by atoms with Gasteiger partial charge in [0, 0.05) is 13.1 Å². The zero-order valence-corrected chi connectivity index (χ0v) is 22.9. The fourth-order valence-electron chi connectivity index (χ4n) is 4.89. The van der Waals surface area contributed by atoms with Gasteiger partial charge < -0.3 is 14.5 Å². The Morgan fingerprint density at radius 1 is 1.16 bits per heavy atom. The number of benzene rings is 1. The number of carbonyl (C=O) groups excluding carboxylic acids is 1. The highest BCUT2D eigenvalue weighted by atomic mass is 32.2. The fraction of sp³-hybridized carbons (Fsp3) is 0.370. The van der Waals surface area contributed by atoms with Gasteiger partial charge in [-0.3, -0.25) is 4.79 Å². The molecule has 1 aliphatic carbocycles. The standard InChI is InChI=1S/C27H30N4O5S2/c1-31(17-20-8-5-15-36-20)38(33,34)21-11-9-19(10-12-21)22(16-18-6-3-4-7-18)25(32)30-27-28-23-13-14-24(35-2)29-26(23)37-27/h5,8-15,18,22H,3-4,6-7,16-17H2,1-2H3,(H,28,30,32). The second kappa shape index (κ2) is 11.2. The van der Waals surface area contributed by atoms with E-state index in [1.165, 1.54) is 41.8 Å². The molecule has 1 aromatic carbocycles. The van der Waals surface area contributed by atoms with Crippen molar-refractivity contribution in [2.75, 3.05) is 19.5 Å². The number of furan rings is 1. The van der Waals surface area contributed by atoms with Crippen LogP contribution in [0.15, 0.2) is 64.1 Å². The maximum absolute atomic E-state index is 13.5. The first-order chi connectivity index (χ1) is 18.3. The Hall–Kier alpha value is -3.28. The van der Waals surface area contributed by atoms with Crippen LogP contribution >= 0.6 is 11.3 Å². The number of ether oxygens (including phenoxy) is 1. The molecule has 5 rings (SSSR count). The Bertz CT molecular complexity index is 1490. The average Bonchev–Trinajstić information content (AvgIpc) is 3.69. The predicted molar refractivity (Wildman–Crippen MR) is 146 cm³/mol. The molecule has 3 heterocycles. The van der Waals surface area contributed by atoms with Crippen molar-refractivity contribution in [2.45, 2.75) is 49.5 Å². The zero-order chi connectivity index (χ0) is 26.7. The molecule has 3 aromatic heterocycles. The molecule has 11 heteroatoms. The summed E-state index contributed by atoms with van der Waals surface area (Å²) in [5.41, 5.74) is 1.47. The van der Waals surface area contributed by atoms with Crippen LogP contribution in [-0.4, -0.2) is 42.8 Å². The molecule has 0 saturated heterocycles. The van der Waals surface area contributed by atoms with Crippen molar-refractivity contribution in [3.05, 3.63) is 66.1 Å². The number of carbonyl (C=O) groups is 1. The van der Waals surface area contributed by atoms with Gasteiger partial charge in [0.1, 0.15) is 16.1 Å². The van der Waals surface area contributed by atoms with E-state index in [2.05, 4.69) is 15.3 Å². The highest BCUT2D eigenvalue weighted by Crippen LogP contribution is 2.36. The van der Waals surface area contributed by atoms with Crippen LogP contribution in [0.3, 0.4) is 0 Å². The molecule has 9 nitrogen and oxygen atoms in total. The summed E-state index contributed by atoms with van der Waals surface area (Å²) in [6.45, 7) is 0.132. The van der Waals surface area contributed by atoms with E-state index in [-0.39, 0.29) is 17.3 Å². The molecule has 1 unspecified atom stereocenters. The van der Waals surface area contributed by atoms with Crippen molar-refractivity contribution < 1.29 is 22.4 Å². The maximum Gasteiger partial charge on any atom is 0.243 e. The molecule has 0 aliphatic heterocycles. The second-order valence-electron chi connectivity index (χ2n) is 9.53. The van der Waals surface area contributed by atoms with Crippen LogP contribution in [0.1, 0.15) is 49.3 Å². The monoisotopic (exact) mass is 554 g/mol. The fourth-order valence-corrected chi connectivity index (χ4v) is 6.86. The van der Waals surface area contributed by atoms with Crippen molar-refractivity contribution >= 4 is 42.7 Å². The van der Waals surface area contributed by atoms with Gasteiger partial charge in [0.15, 0.2) is 5.13 Å². The molecular weight excluding hydrogens is 524 g/mol. The SMILES string of the molecule is COc1ccc2nc(NC(=O)C(CC3CCCC3)c3ccc(S(=O)(=O)N(C)Cc4ccco4)cc3)sc2n1. The minimum absolute atomic E-state index is 0.132. The van der Waals surface area contributed by atoms with E-state index in [1.54, 1.807) is 49.6 Å². The van der Waals surface area contributed by atoms with Gasteiger partial charge >= 0.3 is 0 Å².